The highest BCUT2D eigenvalue weighted by Crippen LogP contribution is 2.32. The van der Waals surface area contributed by atoms with Crippen molar-refractivity contribution in [2.75, 3.05) is 11.9 Å². The fourth-order valence-electron chi connectivity index (χ4n) is 2.72. The summed E-state index contributed by atoms with van der Waals surface area (Å²) in [6, 6.07) is 3.76. The second-order valence-corrected chi connectivity index (χ2v) is 5.07. The number of carbonyl (C=O) groups is 2. The Morgan fingerprint density at radius 1 is 1.40 bits per heavy atom. The maximum absolute atomic E-state index is 13.1. The highest BCUT2D eigenvalue weighted by molar-refractivity contribution is 5.98. The normalized spacial score (nSPS) is 21.6. The van der Waals surface area contributed by atoms with Crippen molar-refractivity contribution in [3.8, 4) is 0 Å². The summed E-state index contributed by atoms with van der Waals surface area (Å²) in [6.07, 6.45) is 2.39. The fourth-order valence-corrected chi connectivity index (χ4v) is 2.72. The number of carboxylic acids is 1. The number of hydrogen-bond acceptors (Lipinski definition) is 3. The van der Waals surface area contributed by atoms with Gasteiger partial charge in [-0.25, -0.2) is 4.39 Å². The molecular weight excluding hydrogens is 263 g/mol. The molecule has 0 heterocycles. The number of carbonyl (C=O) groups excluding carboxylic acids is 1. The molecule has 0 radical (unpaired) electrons. The first-order valence-electron chi connectivity index (χ1n) is 6.55. The fraction of sp³-hybridized carbons (Fsp3) is 0.429. The van der Waals surface area contributed by atoms with Gasteiger partial charge in [-0.2, -0.15) is 0 Å². The molecule has 1 aromatic rings. The molecule has 1 saturated carbocycles. The third-order valence-corrected chi connectivity index (χ3v) is 3.78. The minimum atomic E-state index is -0.788. The zero-order valence-corrected chi connectivity index (χ0v) is 10.9. The number of aliphatic carboxylic acids is 1. The van der Waals surface area contributed by atoms with E-state index in [4.69, 9.17) is 10.8 Å². The number of halogens is 1. The van der Waals surface area contributed by atoms with Crippen molar-refractivity contribution in [3.63, 3.8) is 0 Å². The molecule has 0 aromatic heterocycles. The van der Waals surface area contributed by atoms with Crippen molar-refractivity contribution in [2.24, 2.45) is 17.6 Å². The number of benzene rings is 1. The molecule has 0 saturated heterocycles. The molecule has 2 atom stereocenters. The SMILES string of the molecule is NC(=O)c1cc(F)ccc1NCC1CCCC1C(=O)O. The molecule has 0 bridgehead atoms. The van der Waals surface area contributed by atoms with Gasteiger partial charge in [-0.1, -0.05) is 6.42 Å². The van der Waals surface area contributed by atoms with Gasteiger partial charge in [0.05, 0.1) is 11.5 Å². The average Bonchev–Trinajstić information content (AvgIpc) is 2.85. The van der Waals surface area contributed by atoms with Crippen LogP contribution in [0.15, 0.2) is 18.2 Å². The van der Waals surface area contributed by atoms with Crippen LogP contribution in [0.25, 0.3) is 0 Å². The summed E-state index contributed by atoms with van der Waals surface area (Å²) in [5, 5.41) is 12.1. The van der Waals surface area contributed by atoms with Crippen LogP contribution in [-0.4, -0.2) is 23.5 Å². The average molecular weight is 280 g/mol. The quantitative estimate of drug-likeness (QED) is 0.767. The molecule has 4 N–H and O–H groups in total. The van der Waals surface area contributed by atoms with Gasteiger partial charge in [0.15, 0.2) is 0 Å². The maximum Gasteiger partial charge on any atom is 0.306 e. The second-order valence-electron chi connectivity index (χ2n) is 5.07. The lowest BCUT2D eigenvalue weighted by molar-refractivity contribution is -0.142. The molecule has 1 aliphatic carbocycles. The lowest BCUT2D eigenvalue weighted by Crippen LogP contribution is -2.25. The molecule has 1 aromatic carbocycles. The molecule has 5 nitrogen and oxygen atoms in total. The van der Waals surface area contributed by atoms with E-state index in [0.717, 1.165) is 18.9 Å². The van der Waals surface area contributed by atoms with Crippen LogP contribution >= 0.6 is 0 Å². The number of amides is 1. The minimum Gasteiger partial charge on any atom is -0.481 e. The molecule has 0 spiro atoms. The Morgan fingerprint density at radius 2 is 2.15 bits per heavy atom. The number of hydrogen-bond donors (Lipinski definition) is 3. The van der Waals surface area contributed by atoms with Gasteiger partial charge in [-0.3, -0.25) is 9.59 Å². The third kappa shape index (κ3) is 3.07. The van der Waals surface area contributed by atoms with E-state index in [9.17, 15) is 14.0 Å². The van der Waals surface area contributed by atoms with Crippen molar-refractivity contribution in [1.82, 2.24) is 0 Å². The summed E-state index contributed by atoms with van der Waals surface area (Å²) in [4.78, 5) is 22.4. The van der Waals surface area contributed by atoms with Gasteiger partial charge in [0.2, 0.25) is 0 Å². The number of anilines is 1. The van der Waals surface area contributed by atoms with E-state index in [0.29, 0.717) is 18.7 Å². The van der Waals surface area contributed by atoms with E-state index in [1.54, 1.807) is 0 Å². The maximum atomic E-state index is 13.1. The standard InChI is InChI=1S/C14H17FN2O3/c15-9-4-5-12(11(6-9)13(16)18)17-7-8-2-1-3-10(8)14(19)20/h4-6,8,10,17H,1-3,7H2,(H2,16,18)(H,19,20). The summed E-state index contributed by atoms with van der Waals surface area (Å²) >= 11 is 0. The number of nitrogens with one attached hydrogen (secondary N) is 1. The van der Waals surface area contributed by atoms with Crippen LogP contribution in [0.1, 0.15) is 29.6 Å². The molecule has 2 rings (SSSR count). The van der Waals surface area contributed by atoms with Gasteiger partial charge in [0, 0.05) is 12.2 Å². The zero-order valence-electron chi connectivity index (χ0n) is 10.9. The summed E-state index contributed by atoms with van der Waals surface area (Å²) in [7, 11) is 0. The van der Waals surface area contributed by atoms with Crippen LogP contribution in [0.4, 0.5) is 10.1 Å². The molecule has 1 amide bonds. The topological polar surface area (TPSA) is 92.4 Å². The van der Waals surface area contributed by atoms with Gasteiger partial charge in [-0.15, -0.1) is 0 Å². The first-order valence-corrected chi connectivity index (χ1v) is 6.55. The van der Waals surface area contributed by atoms with E-state index in [1.165, 1.54) is 12.1 Å². The van der Waals surface area contributed by atoms with Crippen LogP contribution in [0, 0.1) is 17.7 Å². The number of nitrogens with two attached hydrogens (primary N) is 1. The number of rotatable bonds is 5. The van der Waals surface area contributed by atoms with Crippen LogP contribution in [0.5, 0.6) is 0 Å². The van der Waals surface area contributed by atoms with Crippen LogP contribution in [0.3, 0.4) is 0 Å². The molecule has 1 fully saturated rings. The first kappa shape index (κ1) is 14.3. The molecule has 20 heavy (non-hydrogen) atoms. The lowest BCUT2D eigenvalue weighted by atomic mass is 9.96. The van der Waals surface area contributed by atoms with Gasteiger partial charge >= 0.3 is 5.97 Å². The largest absolute Gasteiger partial charge is 0.481 e. The summed E-state index contributed by atoms with van der Waals surface area (Å²) < 4.78 is 13.1. The van der Waals surface area contributed by atoms with E-state index in [2.05, 4.69) is 5.32 Å². The Balaban J connectivity index is 2.07. The molecule has 0 aliphatic heterocycles. The zero-order chi connectivity index (χ0) is 14.7. The van der Waals surface area contributed by atoms with Crippen molar-refractivity contribution < 1.29 is 19.1 Å². The highest BCUT2D eigenvalue weighted by Gasteiger charge is 2.32. The number of primary amides is 1. The summed E-state index contributed by atoms with van der Waals surface area (Å²) in [5.41, 5.74) is 5.72. The predicted octanol–water partition coefficient (Wildman–Crippen LogP) is 1.84. The molecular formula is C14H17FN2O3. The monoisotopic (exact) mass is 280 g/mol. The summed E-state index contributed by atoms with van der Waals surface area (Å²) in [5.74, 6) is -2.39. The lowest BCUT2D eigenvalue weighted by Gasteiger charge is -2.18. The molecule has 2 unspecified atom stereocenters. The Labute approximate surface area is 116 Å². The highest BCUT2D eigenvalue weighted by atomic mass is 19.1. The molecule has 108 valence electrons. The Bertz CT molecular complexity index is 533. The van der Waals surface area contributed by atoms with Gasteiger partial charge < -0.3 is 16.2 Å². The van der Waals surface area contributed by atoms with Crippen LogP contribution in [-0.2, 0) is 4.79 Å². The minimum absolute atomic E-state index is 0.0123. The van der Waals surface area contributed by atoms with Crippen LogP contribution in [0.2, 0.25) is 0 Å². The van der Waals surface area contributed by atoms with Gasteiger partial charge in [0.1, 0.15) is 5.82 Å². The Morgan fingerprint density at radius 3 is 2.80 bits per heavy atom. The van der Waals surface area contributed by atoms with Crippen molar-refractivity contribution in [3.05, 3.63) is 29.6 Å². The van der Waals surface area contributed by atoms with E-state index in [-0.39, 0.29) is 17.4 Å². The van der Waals surface area contributed by atoms with Crippen molar-refractivity contribution >= 4 is 17.6 Å². The van der Waals surface area contributed by atoms with Gasteiger partial charge in [-0.05, 0) is 37.0 Å². The van der Waals surface area contributed by atoms with Crippen molar-refractivity contribution in [1.29, 1.82) is 0 Å². The third-order valence-electron chi connectivity index (χ3n) is 3.78. The van der Waals surface area contributed by atoms with Crippen LogP contribution < -0.4 is 11.1 Å². The smallest absolute Gasteiger partial charge is 0.306 e. The Kier molecular flexibility index (Phi) is 4.22. The summed E-state index contributed by atoms with van der Waals surface area (Å²) in [6.45, 7) is 0.433. The number of carboxylic acid groups (broad SMARTS) is 1. The predicted molar refractivity (Wildman–Crippen MR) is 71.9 cm³/mol. The second kappa shape index (κ2) is 5.90. The van der Waals surface area contributed by atoms with E-state index < -0.39 is 17.7 Å². The van der Waals surface area contributed by atoms with E-state index >= 15 is 0 Å². The van der Waals surface area contributed by atoms with E-state index in [1.807, 2.05) is 0 Å². The molecule has 1 aliphatic rings. The Hall–Kier alpha value is -2.11. The van der Waals surface area contributed by atoms with Gasteiger partial charge in [0.25, 0.3) is 5.91 Å². The van der Waals surface area contributed by atoms with Crippen molar-refractivity contribution in [2.45, 2.75) is 19.3 Å². The molecule has 6 heteroatoms. The first-order chi connectivity index (χ1) is 9.49.